The Labute approximate surface area is 74.6 Å². The van der Waals surface area contributed by atoms with Gasteiger partial charge in [0, 0.05) is 5.38 Å². The number of carbonyl (C=O) groups is 1. The third-order valence-corrected chi connectivity index (χ3v) is 2.70. The maximum atomic E-state index is 11.5. The Morgan fingerprint density at radius 2 is 2.50 bits per heavy atom. The molecule has 0 bridgehead atoms. The van der Waals surface area contributed by atoms with Gasteiger partial charge in [0.1, 0.15) is 5.69 Å². The lowest BCUT2D eigenvalue weighted by Crippen LogP contribution is -2.32. The SMILES string of the molecule is NC(C(=O)c1cscn1)C1CC1. The van der Waals surface area contributed by atoms with Crippen molar-refractivity contribution in [3.8, 4) is 0 Å². The van der Waals surface area contributed by atoms with Gasteiger partial charge in [-0.25, -0.2) is 4.98 Å². The second-order valence-electron chi connectivity index (χ2n) is 3.10. The molecule has 3 nitrogen and oxygen atoms in total. The topological polar surface area (TPSA) is 56.0 Å². The third kappa shape index (κ3) is 1.40. The minimum Gasteiger partial charge on any atom is -0.321 e. The zero-order valence-corrected chi connectivity index (χ0v) is 7.38. The van der Waals surface area contributed by atoms with Gasteiger partial charge in [-0.2, -0.15) is 0 Å². The number of Topliss-reactive ketones (excluding diaryl/α,β-unsaturated/α-hetero) is 1. The van der Waals surface area contributed by atoms with Crippen molar-refractivity contribution in [1.82, 2.24) is 4.98 Å². The van der Waals surface area contributed by atoms with Gasteiger partial charge >= 0.3 is 0 Å². The Hall–Kier alpha value is -0.740. The fourth-order valence-electron chi connectivity index (χ4n) is 1.17. The maximum Gasteiger partial charge on any atom is 0.198 e. The lowest BCUT2D eigenvalue weighted by molar-refractivity contribution is 0.0947. The standard InChI is InChI=1S/C8H10N2OS/c9-7(5-1-2-5)8(11)6-3-12-4-10-6/h3-5,7H,1-2,9H2. The molecule has 0 radical (unpaired) electrons. The second kappa shape index (κ2) is 2.95. The molecular weight excluding hydrogens is 172 g/mol. The molecule has 1 atom stereocenters. The van der Waals surface area contributed by atoms with Crippen molar-refractivity contribution in [3.05, 3.63) is 16.6 Å². The third-order valence-electron chi connectivity index (χ3n) is 2.12. The van der Waals surface area contributed by atoms with Crippen LogP contribution in [0.5, 0.6) is 0 Å². The van der Waals surface area contributed by atoms with E-state index in [0.717, 1.165) is 12.8 Å². The van der Waals surface area contributed by atoms with Crippen LogP contribution in [0.3, 0.4) is 0 Å². The number of ketones is 1. The van der Waals surface area contributed by atoms with Gasteiger partial charge in [0.25, 0.3) is 0 Å². The predicted molar refractivity (Wildman–Crippen MR) is 47.1 cm³/mol. The Morgan fingerprint density at radius 1 is 1.75 bits per heavy atom. The molecule has 1 aliphatic carbocycles. The van der Waals surface area contributed by atoms with Gasteiger partial charge in [0.15, 0.2) is 5.78 Å². The van der Waals surface area contributed by atoms with Crippen molar-refractivity contribution < 1.29 is 4.79 Å². The summed E-state index contributed by atoms with van der Waals surface area (Å²) in [7, 11) is 0. The molecular formula is C8H10N2OS. The summed E-state index contributed by atoms with van der Waals surface area (Å²) in [5.74, 6) is 0.415. The van der Waals surface area contributed by atoms with Crippen LogP contribution in [0.25, 0.3) is 0 Å². The average Bonchev–Trinajstić information content (AvgIpc) is 2.79. The van der Waals surface area contributed by atoms with Gasteiger partial charge in [-0.3, -0.25) is 4.79 Å². The van der Waals surface area contributed by atoms with Gasteiger partial charge in [0.05, 0.1) is 11.6 Å². The number of hydrogen-bond acceptors (Lipinski definition) is 4. The highest BCUT2D eigenvalue weighted by Crippen LogP contribution is 2.32. The molecule has 0 aromatic carbocycles. The van der Waals surface area contributed by atoms with E-state index < -0.39 is 0 Å². The molecule has 1 aromatic heterocycles. The Balaban J connectivity index is 2.09. The molecule has 1 heterocycles. The Kier molecular flexibility index (Phi) is 1.94. The van der Waals surface area contributed by atoms with Crippen LogP contribution >= 0.6 is 11.3 Å². The van der Waals surface area contributed by atoms with Crippen LogP contribution < -0.4 is 5.73 Å². The first kappa shape index (κ1) is 7.89. The average molecular weight is 182 g/mol. The van der Waals surface area contributed by atoms with E-state index in [1.807, 2.05) is 0 Å². The molecule has 2 N–H and O–H groups in total. The largest absolute Gasteiger partial charge is 0.321 e. The van der Waals surface area contributed by atoms with E-state index in [1.54, 1.807) is 10.9 Å². The van der Waals surface area contributed by atoms with E-state index in [1.165, 1.54) is 11.3 Å². The van der Waals surface area contributed by atoms with Crippen molar-refractivity contribution in [3.63, 3.8) is 0 Å². The summed E-state index contributed by atoms with van der Waals surface area (Å²) in [5, 5.41) is 1.75. The highest BCUT2D eigenvalue weighted by molar-refractivity contribution is 7.07. The fraction of sp³-hybridized carbons (Fsp3) is 0.500. The summed E-state index contributed by atoms with van der Waals surface area (Å²) < 4.78 is 0. The predicted octanol–water partition coefficient (Wildman–Crippen LogP) is 1.06. The van der Waals surface area contributed by atoms with E-state index in [9.17, 15) is 4.79 Å². The second-order valence-corrected chi connectivity index (χ2v) is 3.82. The monoisotopic (exact) mass is 182 g/mol. The van der Waals surface area contributed by atoms with E-state index >= 15 is 0 Å². The molecule has 64 valence electrons. The molecule has 4 heteroatoms. The van der Waals surface area contributed by atoms with Crippen molar-refractivity contribution in [1.29, 1.82) is 0 Å². The van der Waals surface area contributed by atoms with Crippen LogP contribution in [0.15, 0.2) is 10.9 Å². The number of carbonyl (C=O) groups excluding carboxylic acids is 1. The maximum absolute atomic E-state index is 11.5. The number of thiazole rings is 1. The molecule has 1 aliphatic rings. The molecule has 1 saturated carbocycles. The summed E-state index contributed by atoms with van der Waals surface area (Å²) in [6.45, 7) is 0. The summed E-state index contributed by atoms with van der Waals surface area (Å²) in [4.78, 5) is 15.4. The van der Waals surface area contributed by atoms with E-state index in [-0.39, 0.29) is 11.8 Å². The number of nitrogens with zero attached hydrogens (tertiary/aromatic N) is 1. The summed E-state index contributed by atoms with van der Waals surface area (Å²) in [6, 6.07) is -0.313. The van der Waals surface area contributed by atoms with Gasteiger partial charge in [-0.05, 0) is 18.8 Å². The minimum atomic E-state index is -0.313. The Morgan fingerprint density at radius 3 is 3.00 bits per heavy atom. The first-order chi connectivity index (χ1) is 5.79. The molecule has 2 rings (SSSR count). The molecule has 1 unspecified atom stereocenters. The van der Waals surface area contributed by atoms with Crippen molar-refractivity contribution in [2.24, 2.45) is 11.7 Å². The zero-order valence-electron chi connectivity index (χ0n) is 6.56. The van der Waals surface area contributed by atoms with Gasteiger partial charge in [-0.15, -0.1) is 11.3 Å². The van der Waals surface area contributed by atoms with E-state index in [0.29, 0.717) is 11.6 Å². The highest BCUT2D eigenvalue weighted by atomic mass is 32.1. The summed E-state index contributed by atoms with van der Waals surface area (Å²) in [6.07, 6.45) is 2.19. The van der Waals surface area contributed by atoms with Crippen LogP contribution in [-0.2, 0) is 0 Å². The van der Waals surface area contributed by atoms with Crippen molar-refractivity contribution in [2.75, 3.05) is 0 Å². The molecule has 0 saturated heterocycles. The van der Waals surface area contributed by atoms with Crippen LogP contribution in [0.1, 0.15) is 23.3 Å². The molecule has 1 aromatic rings. The van der Waals surface area contributed by atoms with E-state index in [2.05, 4.69) is 4.98 Å². The molecule has 1 fully saturated rings. The lowest BCUT2D eigenvalue weighted by Gasteiger charge is -2.05. The number of nitrogens with two attached hydrogens (primary N) is 1. The fourth-order valence-corrected chi connectivity index (χ4v) is 1.72. The zero-order chi connectivity index (χ0) is 8.55. The quantitative estimate of drug-likeness (QED) is 0.711. The minimum absolute atomic E-state index is 0.00116. The van der Waals surface area contributed by atoms with Crippen molar-refractivity contribution >= 4 is 17.1 Å². The first-order valence-electron chi connectivity index (χ1n) is 3.97. The number of hydrogen-bond donors (Lipinski definition) is 1. The normalized spacial score (nSPS) is 19.1. The van der Waals surface area contributed by atoms with Gasteiger partial charge in [0.2, 0.25) is 0 Å². The van der Waals surface area contributed by atoms with Crippen LogP contribution in [0.4, 0.5) is 0 Å². The van der Waals surface area contributed by atoms with Gasteiger partial charge < -0.3 is 5.73 Å². The van der Waals surface area contributed by atoms with Crippen molar-refractivity contribution in [2.45, 2.75) is 18.9 Å². The molecule has 0 amide bonds. The molecule has 0 spiro atoms. The first-order valence-corrected chi connectivity index (χ1v) is 4.91. The molecule has 12 heavy (non-hydrogen) atoms. The lowest BCUT2D eigenvalue weighted by atomic mass is 10.1. The number of aromatic nitrogens is 1. The summed E-state index contributed by atoms with van der Waals surface area (Å²) >= 11 is 1.43. The molecule has 0 aliphatic heterocycles. The van der Waals surface area contributed by atoms with Crippen LogP contribution in [0.2, 0.25) is 0 Å². The van der Waals surface area contributed by atoms with Gasteiger partial charge in [-0.1, -0.05) is 0 Å². The smallest absolute Gasteiger partial charge is 0.198 e. The van der Waals surface area contributed by atoms with Crippen LogP contribution in [-0.4, -0.2) is 16.8 Å². The van der Waals surface area contributed by atoms with E-state index in [4.69, 9.17) is 5.73 Å². The summed E-state index contributed by atoms with van der Waals surface area (Å²) in [5.41, 5.74) is 7.92. The Bertz CT molecular complexity index is 279. The number of rotatable bonds is 3. The van der Waals surface area contributed by atoms with Crippen LogP contribution in [0, 0.1) is 5.92 Å². The highest BCUT2D eigenvalue weighted by Gasteiger charge is 2.34.